The molecule has 0 radical (unpaired) electrons. The molecule has 3 aromatic rings. The summed E-state index contributed by atoms with van der Waals surface area (Å²) in [6.45, 7) is 1.63. The summed E-state index contributed by atoms with van der Waals surface area (Å²) in [4.78, 5) is 21.5. The molecule has 0 saturated carbocycles. The third-order valence-electron chi connectivity index (χ3n) is 6.18. The van der Waals surface area contributed by atoms with Gasteiger partial charge in [-0.25, -0.2) is 19.3 Å². The molecule has 1 aromatic carbocycles. The molecule has 0 N–H and O–H groups in total. The zero-order chi connectivity index (χ0) is 23.1. The fourth-order valence-corrected chi connectivity index (χ4v) is 4.43. The van der Waals surface area contributed by atoms with Crippen LogP contribution in [0.25, 0.3) is 33.5 Å². The Morgan fingerprint density at radius 2 is 1.85 bits per heavy atom. The van der Waals surface area contributed by atoms with Gasteiger partial charge in [-0.3, -0.25) is 4.79 Å². The van der Waals surface area contributed by atoms with Crippen LogP contribution < -0.4 is 5.56 Å². The van der Waals surface area contributed by atoms with Crippen LogP contribution in [-0.4, -0.2) is 42.7 Å². The SMILES string of the molecule is O=c1c2nn(Cc3ccc(-c4ccc(F)nc4)cc3)c3ncccc3c-2nn1C1CCCOC1. The van der Waals surface area contributed by atoms with E-state index in [1.807, 2.05) is 36.4 Å². The smallest absolute Gasteiger partial charge is 0.297 e. The van der Waals surface area contributed by atoms with Crippen molar-refractivity contribution < 1.29 is 9.13 Å². The first-order valence-electron chi connectivity index (χ1n) is 11.2. The molecule has 3 aliphatic heterocycles. The first-order valence-corrected chi connectivity index (χ1v) is 11.2. The van der Waals surface area contributed by atoms with Crippen LogP contribution in [0, 0.1) is 5.95 Å². The van der Waals surface area contributed by atoms with Crippen LogP contribution in [0.5, 0.6) is 0 Å². The number of benzene rings is 1. The van der Waals surface area contributed by atoms with E-state index in [9.17, 15) is 9.18 Å². The van der Waals surface area contributed by atoms with Gasteiger partial charge in [0, 0.05) is 30.0 Å². The number of hydrogen-bond acceptors (Lipinski definition) is 6. The molecule has 34 heavy (non-hydrogen) atoms. The van der Waals surface area contributed by atoms with Crippen LogP contribution in [0.2, 0.25) is 0 Å². The Kier molecular flexibility index (Phi) is 5.10. The van der Waals surface area contributed by atoms with Crippen LogP contribution in [0.1, 0.15) is 24.4 Å². The van der Waals surface area contributed by atoms with Crippen molar-refractivity contribution in [3.63, 3.8) is 0 Å². The quantitative estimate of drug-likeness (QED) is 0.383. The maximum atomic E-state index is 13.2. The summed E-state index contributed by atoms with van der Waals surface area (Å²) in [7, 11) is 0. The van der Waals surface area contributed by atoms with Gasteiger partial charge in [0.25, 0.3) is 5.56 Å². The summed E-state index contributed by atoms with van der Waals surface area (Å²) < 4.78 is 22.0. The van der Waals surface area contributed by atoms with Gasteiger partial charge in [-0.15, -0.1) is 0 Å². The molecule has 9 heteroatoms. The van der Waals surface area contributed by atoms with E-state index in [0.29, 0.717) is 36.8 Å². The minimum Gasteiger partial charge on any atom is -0.379 e. The second kappa shape index (κ2) is 8.42. The molecule has 6 rings (SSSR count). The summed E-state index contributed by atoms with van der Waals surface area (Å²) in [5.74, 6) is -0.505. The van der Waals surface area contributed by atoms with Crippen LogP contribution in [0.4, 0.5) is 4.39 Å². The molecule has 1 atom stereocenters. The number of rotatable bonds is 4. The Hall–Kier alpha value is -3.98. The highest BCUT2D eigenvalue weighted by atomic mass is 19.1. The van der Waals surface area contributed by atoms with Crippen molar-refractivity contribution in [3.05, 3.63) is 82.8 Å². The molecular weight excluding hydrogens is 435 g/mol. The van der Waals surface area contributed by atoms with Crippen molar-refractivity contribution in [1.82, 2.24) is 29.5 Å². The Morgan fingerprint density at radius 1 is 1.00 bits per heavy atom. The highest BCUT2D eigenvalue weighted by Gasteiger charge is 2.27. The summed E-state index contributed by atoms with van der Waals surface area (Å²) >= 11 is 0. The van der Waals surface area contributed by atoms with Gasteiger partial charge < -0.3 is 4.74 Å². The van der Waals surface area contributed by atoms with Crippen molar-refractivity contribution in [2.24, 2.45) is 0 Å². The molecule has 3 aliphatic rings. The van der Waals surface area contributed by atoms with E-state index in [1.165, 1.54) is 16.9 Å². The lowest BCUT2D eigenvalue weighted by Crippen LogP contribution is -2.29. The molecule has 170 valence electrons. The fraction of sp³-hybridized carbons (Fsp3) is 0.240. The largest absolute Gasteiger partial charge is 0.379 e. The Bertz CT molecular complexity index is 1490. The van der Waals surface area contributed by atoms with E-state index < -0.39 is 5.95 Å². The summed E-state index contributed by atoms with van der Waals surface area (Å²) in [5, 5.41) is 10.1. The van der Waals surface area contributed by atoms with Gasteiger partial charge >= 0.3 is 0 Å². The summed E-state index contributed by atoms with van der Waals surface area (Å²) in [6.07, 6.45) is 4.98. The van der Waals surface area contributed by atoms with Gasteiger partial charge in [0.05, 0.1) is 19.2 Å². The molecule has 1 fully saturated rings. The van der Waals surface area contributed by atoms with Crippen LogP contribution >= 0.6 is 0 Å². The predicted octanol–water partition coefficient (Wildman–Crippen LogP) is 3.69. The molecule has 8 nitrogen and oxygen atoms in total. The number of aromatic nitrogens is 6. The average molecular weight is 456 g/mol. The zero-order valence-electron chi connectivity index (χ0n) is 18.3. The molecule has 5 heterocycles. The van der Waals surface area contributed by atoms with Gasteiger partial charge in [0.15, 0.2) is 11.3 Å². The minimum absolute atomic E-state index is 0.0795. The lowest BCUT2D eigenvalue weighted by molar-refractivity contribution is 0.0540. The monoisotopic (exact) mass is 456 g/mol. The van der Waals surface area contributed by atoms with E-state index in [-0.39, 0.29) is 11.6 Å². The minimum atomic E-state index is -0.505. The van der Waals surface area contributed by atoms with Crippen molar-refractivity contribution in [2.75, 3.05) is 13.2 Å². The maximum absolute atomic E-state index is 13.2. The zero-order valence-corrected chi connectivity index (χ0v) is 18.3. The Morgan fingerprint density at radius 3 is 2.62 bits per heavy atom. The number of halogens is 1. The fourth-order valence-electron chi connectivity index (χ4n) is 4.43. The second-order valence-corrected chi connectivity index (χ2v) is 8.42. The van der Waals surface area contributed by atoms with Gasteiger partial charge in [-0.1, -0.05) is 24.3 Å². The van der Waals surface area contributed by atoms with E-state index in [1.54, 1.807) is 16.9 Å². The number of pyridine rings is 2. The second-order valence-electron chi connectivity index (χ2n) is 8.42. The van der Waals surface area contributed by atoms with Crippen molar-refractivity contribution in [1.29, 1.82) is 0 Å². The van der Waals surface area contributed by atoms with E-state index in [2.05, 4.69) is 20.2 Å². The van der Waals surface area contributed by atoms with Crippen LogP contribution in [-0.2, 0) is 11.3 Å². The molecule has 0 aliphatic carbocycles. The molecule has 0 spiro atoms. The highest BCUT2D eigenvalue weighted by Crippen LogP contribution is 2.27. The topological polar surface area (TPSA) is 87.7 Å². The number of hydrogen-bond donors (Lipinski definition) is 0. The van der Waals surface area contributed by atoms with Gasteiger partial charge in [-0.2, -0.15) is 14.6 Å². The third-order valence-corrected chi connectivity index (χ3v) is 6.18. The number of ether oxygens (including phenoxy) is 1. The number of fused-ring (bicyclic) bond motifs is 3. The Labute approximate surface area is 194 Å². The predicted molar refractivity (Wildman–Crippen MR) is 124 cm³/mol. The first kappa shape index (κ1) is 20.6. The maximum Gasteiger partial charge on any atom is 0.297 e. The van der Waals surface area contributed by atoms with Crippen LogP contribution in [0.15, 0.2) is 65.7 Å². The van der Waals surface area contributed by atoms with E-state index >= 15 is 0 Å². The summed E-state index contributed by atoms with van der Waals surface area (Å²) in [5.41, 5.74) is 4.11. The molecule has 0 bridgehead atoms. The molecular formula is C25H21FN6O2. The lowest BCUT2D eigenvalue weighted by atomic mass is 10.1. The van der Waals surface area contributed by atoms with Crippen molar-refractivity contribution >= 4 is 11.0 Å². The lowest BCUT2D eigenvalue weighted by Gasteiger charge is -2.21. The number of nitrogens with zero attached hydrogens (tertiary/aromatic N) is 6. The van der Waals surface area contributed by atoms with Crippen molar-refractivity contribution in [3.8, 4) is 22.5 Å². The normalized spacial score (nSPS) is 16.3. The first-order chi connectivity index (χ1) is 16.7. The molecule has 0 amide bonds. The third kappa shape index (κ3) is 3.63. The Balaban J connectivity index is 1.39. The molecule has 2 aromatic heterocycles. The van der Waals surface area contributed by atoms with Gasteiger partial charge in [0.1, 0.15) is 5.69 Å². The van der Waals surface area contributed by atoms with Gasteiger partial charge in [0.2, 0.25) is 5.95 Å². The standard InChI is InChI=1S/C25H21FN6O2/c26-21-10-9-18(13-28-21)17-7-5-16(6-8-17)14-31-24-20(4-1-11-27-24)22-23(29-31)25(33)32(30-22)19-3-2-12-34-15-19/h1,4-11,13,19H,2-3,12,14-15H2. The average Bonchev–Trinajstić information content (AvgIpc) is 3.22. The van der Waals surface area contributed by atoms with Crippen molar-refractivity contribution in [2.45, 2.75) is 25.4 Å². The summed E-state index contributed by atoms with van der Waals surface area (Å²) in [6, 6.07) is 14.6. The van der Waals surface area contributed by atoms with Crippen LogP contribution in [0.3, 0.4) is 0 Å². The molecule has 1 saturated heterocycles. The van der Waals surface area contributed by atoms with Gasteiger partial charge in [-0.05, 0) is 48.2 Å². The molecule has 1 unspecified atom stereocenters. The van der Waals surface area contributed by atoms with E-state index in [0.717, 1.165) is 34.9 Å². The van der Waals surface area contributed by atoms with E-state index in [4.69, 9.17) is 4.74 Å². The highest BCUT2D eigenvalue weighted by molar-refractivity contribution is 5.89.